The van der Waals surface area contributed by atoms with Crippen molar-refractivity contribution >= 4 is 17.7 Å². The van der Waals surface area contributed by atoms with Crippen LogP contribution in [0.5, 0.6) is 5.75 Å². The van der Waals surface area contributed by atoms with Gasteiger partial charge in [-0.3, -0.25) is 5.32 Å². The van der Waals surface area contributed by atoms with Gasteiger partial charge in [0.25, 0.3) is 0 Å². The summed E-state index contributed by atoms with van der Waals surface area (Å²) in [6.07, 6.45) is -6.56. The molecule has 2 aromatic rings. The van der Waals surface area contributed by atoms with Crippen molar-refractivity contribution in [1.82, 2.24) is 0 Å². The normalized spacial score (nSPS) is 12.3. The van der Waals surface area contributed by atoms with E-state index in [9.17, 15) is 27.9 Å². The highest BCUT2D eigenvalue weighted by molar-refractivity contribution is 5.84. The lowest BCUT2D eigenvalue weighted by atomic mass is 10.0. The van der Waals surface area contributed by atoms with Gasteiger partial charge in [0.1, 0.15) is 12.4 Å². The van der Waals surface area contributed by atoms with Gasteiger partial charge < -0.3 is 19.3 Å². The van der Waals surface area contributed by atoms with Crippen LogP contribution in [0, 0.1) is 0 Å². The quantitative estimate of drug-likeness (QED) is 0.560. The first-order valence-corrected chi connectivity index (χ1v) is 9.64. The summed E-state index contributed by atoms with van der Waals surface area (Å²) >= 11 is 0. The molecule has 0 saturated heterocycles. The third kappa shape index (κ3) is 7.45. The smallest absolute Gasteiger partial charge is 0.416 e. The van der Waals surface area contributed by atoms with E-state index >= 15 is 0 Å². The molecule has 0 fully saturated rings. The van der Waals surface area contributed by atoms with E-state index in [2.05, 4.69) is 5.32 Å². The number of ether oxygens (including phenoxy) is 3. The summed E-state index contributed by atoms with van der Waals surface area (Å²) in [5.74, 6) is -0.670. The minimum atomic E-state index is -4.47. The number of halogens is 3. The standard InChI is InChI=1S/C22H24F3NO6/c1-13(2)32-19(20(27)28)11-14-4-9-18(30-3)15(10-14)12-31-21(29)26-17-7-5-16(6-8-17)22(23,24)25/h4-10,13,19H,11-12H2,1-3H3,(H,26,29)(H,27,28). The third-order valence-corrected chi connectivity index (χ3v) is 4.30. The SMILES string of the molecule is COc1ccc(CC(OC(C)C)C(=O)O)cc1COC(=O)Nc1ccc(C(F)(F)F)cc1. The van der Waals surface area contributed by atoms with Gasteiger partial charge in [-0.05, 0) is 55.8 Å². The summed E-state index contributed by atoms with van der Waals surface area (Å²) in [6.45, 7) is 3.27. The maximum absolute atomic E-state index is 12.6. The largest absolute Gasteiger partial charge is 0.496 e. The molecule has 0 aliphatic rings. The van der Waals surface area contributed by atoms with Gasteiger partial charge >= 0.3 is 18.2 Å². The van der Waals surface area contributed by atoms with Crippen molar-refractivity contribution < 1.29 is 42.1 Å². The van der Waals surface area contributed by atoms with E-state index in [4.69, 9.17) is 14.2 Å². The molecular formula is C22H24F3NO6. The van der Waals surface area contributed by atoms with E-state index in [1.807, 2.05) is 0 Å². The number of anilines is 1. The lowest BCUT2D eigenvalue weighted by Crippen LogP contribution is -2.29. The maximum atomic E-state index is 12.6. The number of amides is 1. The van der Waals surface area contributed by atoms with E-state index in [1.54, 1.807) is 32.0 Å². The van der Waals surface area contributed by atoms with Crippen molar-refractivity contribution in [2.75, 3.05) is 12.4 Å². The molecule has 1 amide bonds. The molecular weight excluding hydrogens is 431 g/mol. The maximum Gasteiger partial charge on any atom is 0.416 e. The number of hydrogen-bond donors (Lipinski definition) is 2. The average Bonchev–Trinajstić information content (AvgIpc) is 2.71. The Balaban J connectivity index is 2.03. The van der Waals surface area contributed by atoms with Crippen molar-refractivity contribution in [2.45, 2.75) is 45.3 Å². The molecule has 0 heterocycles. The summed E-state index contributed by atoms with van der Waals surface area (Å²) in [7, 11) is 1.43. The number of benzene rings is 2. The average molecular weight is 455 g/mol. The predicted molar refractivity (Wildman–Crippen MR) is 110 cm³/mol. The monoisotopic (exact) mass is 455 g/mol. The van der Waals surface area contributed by atoms with E-state index in [1.165, 1.54) is 7.11 Å². The van der Waals surface area contributed by atoms with Gasteiger partial charge in [0, 0.05) is 17.7 Å². The second kappa shape index (κ2) is 10.9. The van der Waals surface area contributed by atoms with Crippen molar-refractivity contribution in [1.29, 1.82) is 0 Å². The van der Waals surface area contributed by atoms with Gasteiger partial charge in [0.05, 0.1) is 18.8 Å². The van der Waals surface area contributed by atoms with Crippen molar-refractivity contribution in [2.24, 2.45) is 0 Å². The Labute approximate surface area is 183 Å². The van der Waals surface area contributed by atoms with Gasteiger partial charge in [-0.15, -0.1) is 0 Å². The molecule has 2 aromatic carbocycles. The number of hydrogen-bond acceptors (Lipinski definition) is 5. The van der Waals surface area contributed by atoms with Gasteiger partial charge in [-0.1, -0.05) is 6.07 Å². The fourth-order valence-corrected chi connectivity index (χ4v) is 2.85. The highest BCUT2D eigenvalue weighted by Crippen LogP contribution is 2.30. The minimum absolute atomic E-state index is 0.0995. The Kier molecular flexibility index (Phi) is 8.48. The van der Waals surface area contributed by atoms with E-state index in [0.29, 0.717) is 16.9 Å². The summed E-state index contributed by atoms with van der Waals surface area (Å²) < 4.78 is 53.6. The molecule has 174 valence electrons. The number of carboxylic acids is 1. The second-order valence-corrected chi connectivity index (χ2v) is 7.14. The molecule has 0 bridgehead atoms. The van der Waals surface area contributed by atoms with Crippen LogP contribution >= 0.6 is 0 Å². The molecule has 0 aliphatic carbocycles. The fraction of sp³-hybridized carbons (Fsp3) is 0.364. The zero-order valence-electron chi connectivity index (χ0n) is 17.7. The van der Waals surface area contributed by atoms with Crippen LogP contribution < -0.4 is 10.1 Å². The number of carboxylic acid groups (broad SMARTS) is 1. The Bertz CT molecular complexity index is 928. The highest BCUT2D eigenvalue weighted by Gasteiger charge is 2.30. The molecule has 0 radical (unpaired) electrons. The first kappa shape index (κ1) is 25.0. The number of methoxy groups -OCH3 is 1. The van der Waals surface area contributed by atoms with Crippen molar-refractivity contribution in [3.63, 3.8) is 0 Å². The summed E-state index contributed by atoms with van der Waals surface area (Å²) in [6, 6.07) is 8.88. The number of aliphatic carboxylic acids is 1. The Morgan fingerprint density at radius 2 is 1.75 bits per heavy atom. The second-order valence-electron chi connectivity index (χ2n) is 7.14. The van der Waals surface area contributed by atoms with Gasteiger partial charge in [-0.25, -0.2) is 9.59 Å². The molecule has 0 aliphatic heterocycles. The van der Waals surface area contributed by atoms with Gasteiger partial charge in [0.2, 0.25) is 0 Å². The van der Waals surface area contributed by atoms with Crippen molar-refractivity contribution in [3.05, 3.63) is 59.2 Å². The van der Waals surface area contributed by atoms with E-state index in [-0.39, 0.29) is 24.8 Å². The molecule has 7 nitrogen and oxygen atoms in total. The van der Waals surface area contributed by atoms with Crippen LogP contribution in [0.3, 0.4) is 0 Å². The molecule has 32 heavy (non-hydrogen) atoms. The summed E-state index contributed by atoms with van der Waals surface area (Å²) in [4.78, 5) is 23.5. The van der Waals surface area contributed by atoms with E-state index < -0.39 is 29.9 Å². The molecule has 1 unspecified atom stereocenters. The molecule has 0 spiro atoms. The number of nitrogens with one attached hydrogen (secondary N) is 1. The zero-order valence-corrected chi connectivity index (χ0v) is 17.7. The zero-order chi connectivity index (χ0) is 23.9. The first-order chi connectivity index (χ1) is 15.0. The van der Waals surface area contributed by atoms with Gasteiger partial charge in [-0.2, -0.15) is 13.2 Å². The Hall–Kier alpha value is -3.27. The number of carbonyl (C=O) groups excluding carboxylic acids is 1. The topological polar surface area (TPSA) is 94.1 Å². The van der Waals surface area contributed by atoms with Gasteiger partial charge in [0.15, 0.2) is 6.10 Å². The first-order valence-electron chi connectivity index (χ1n) is 9.64. The van der Waals surface area contributed by atoms with Crippen LogP contribution in [0.1, 0.15) is 30.5 Å². The minimum Gasteiger partial charge on any atom is -0.496 e. The molecule has 2 rings (SSSR count). The lowest BCUT2D eigenvalue weighted by Gasteiger charge is -2.17. The third-order valence-electron chi connectivity index (χ3n) is 4.30. The molecule has 1 atom stereocenters. The summed E-state index contributed by atoms with van der Waals surface area (Å²) in [5, 5.41) is 11.7. The van der Waals surface area contributed by atoms with Crippen molar-refractivity contribution in [3.8, 4) is 5.75 Å². The highest BCUT2D eigenvalue weighted by atomic mass is 19.4. The van der Waals surface area contributed by atoms with Crippen LogP contribution in [-0.4, -0.2) is 36.5 Å². The van der Waals surface area contributed by atoms with Crippen LogP contribution in [0.2, 0.25) is 0 Å². The number of carbonyl (C=O) groups is 2. The summed E-state index contributed by atoms with van der Waals surface area (Å²) in [5.41, 5.74) is 0.430. The van der Waals surface area contributed by atoms with Crippen LogP contribution in [-0.2, 0) is 33.5 Å². The number of alkyl halides is 3. The molecule has 0 aromatic heterocycles. The fourth-order valence-electron chi connectivity index (χ4n) is 2.85. The Morgan fingerprint density at radius 3 is 2.28 bits per heavy atom. The lowest BCUT2D eigenvalue weighted by molar-refractivity contribution is -0.153. The van der Waals surface area contributed by atoms with Crippen LogP contribution in [0.25, 0.3) is 0 Å². The molecule has 2 N–H and O–H groups in total. The predicted octanol–water partition coefficient (Wildman–Crippen LogP) is 4.88. The van der Waals surface area contributed by atoms with E-state index in [0.717, 1.165) is 24.3 Å². The number of rotatable bonds is 9. The van der Waals surface area contributed by atoms with Crippen LogP contribution in [0.4, 0.5) is 23.7 Å². The van der Waals surface area contributed by atoms with Crippen LogP contribution in [0.15, 0.2) is 42.5 Å². The Morgan fingerprint density at radius 1 is 1.09 bits per heavy atom. The molecule has 10 heteroatoms. The molecule has 0 saturated carbocycles.